The van der Waals surface area contributed by atoms with Gasteiger partial charge < -0.3 is 9.80 Å². The fourth-order valence-electron chi connectivity index (χ4n) is 3.69. The van der Waals surface area contributed by atoms with Gasteiger partial charge in [-0.3, -0.25) is 4.98 Å². The summed E-state index contributed by atoms with van der Waals surface area (Å²) in [4.78, 5) is 13.3. The van der Waals surface area contributed by atoms with Crippen molar-refractivity contribution < 1.29 is 0 Å². The summed E-state index contributed by atoms with van der Waals surface area (Å²) in [6, 6.07) is 4.47. The first-order valence-electron chi connectivity index (χ1n) is 9.18. The molecule has 0 N–H and O–H groups in total. The number of fused-ring (bicyclic) bond motifs is 1. The molecule has 0 unspecified atom stereocenters. The van der Waals surface area contributed by atoms with Gasteiger partial charge in [0.2, 0.25) is 0 Å². The van der Waals surface area contributed by atoms with E-state index in [9.17, 15) is 0 Å². The first kappa shape index (κ1) is 15.5. The van der Waals surface area contributed by atoms with Crippen molar-refractivity contribution in [2.75, 3.05) is 29.9 Å². The largest absolute Gasteiger partial charge is 0.352 e. The Morgan fingerprint density at radius 2 is 1.88 bits per heavy atom. The minimum atomic E-state index is 0.412. The Hall–Kier alpha value is -2.77. The van der Waals surface area contributed by atoms with Gasteiger partial charge in [0.25, 0.3) is 0 Å². The molecule has 4 heterocycles. The van der Waals surface area contributed by atoms with E-state index in [0.29, 0.717) is 12.0 Å². The molecular formula is C18H22N8. The number of rotatable bonds is 4. The molecule has 3 aromatic heterocycles. The molecule has 5 rings (SSSR count). The van der Waals surface area contributed by atoms with Crippen LogP contribution in [-0.2, 0) is 0 Å². The minimum Gasteiger partial charge on any atom is -0.352 e. The molecule has 0 atom stereocenters. The molecule has 0 amide bonds. The summed E-state index contributed by atoms with van der Waals surface area (Å²) in [5.41, 5.74) is 1.79. The molecule has 1 saturated heterocycles. The average Bonchev–Trinajstić information content (AvgIpc) is 2.95. The lowest BCUT2D eigenvalue weighted by Crippen LogP contribution is -2.59. The number of hydrogen-bond acceptors (Lipinski definition) is 7. The lowest BCUT2D eigenvalue weighted by Gasteiger charge is -2.45. The van der Waals surface area contributed by atoms with E-state index in [1.165, 1.54) is 19.3 Å². The third kappa shape index (κ3) is 2.40. The molecule has 0 spiro atoms. The SMILES string of the molecule is Cc1nccnc1N(C)C1CN(c2ccc3nnc(C4CCC4)n3n2)C1. The molecule has 1 saturated carbocycles. The topological polar surface area (TPSA) is 75.3 Å². The lowest BCUT2D eigenvalue weighted by molar-refractivity contribution is 0.394. The Labute approximate surface area is 151 Å². The summed E-state index contributed by atoms with van der Waals surface area (Å²) in [5.74, 6) is 3.46. The lowest BCUT2D eigenvalue weighted by atomic mass is 9.85. The third-order valence-corrected chi connectivity index (χ3v) is 5.67. The Balaban J connectivity index is 1.33. The van der Waals surface area contributed by atoms with Crippen LogP contribution < -0.4 is 9.80 Å². The second-order valence-corrected chi connectivity index (χ2v) is 7.28. The van der Waals surface area contributed by atoms with Gasteiger partial charge in [-0.2, -0.15) is 4.52 Å². The predicted molar refractivity (Wildman–Crippen MR) is 98.5 cm³/mol. The van der Waals surface area contributed by atoms with E-state index in [2.05, 4.69) is 37.0 Å². The second-order valence-electron chi connectivity index (χ2n) is 7.28. The van der Waals surface area contributed by atoms with E-state index >= 15 is 0 Å². The van der Waals surface area contributed by atoms with E-state index in [0.717, 1.165) is 41.9 Å². The van der Waals surface area contributed by atoms with Gasteiger partial charge in [-0.15, -0.1) is 15.3 Å². The van der Waals surface area contributed by atoms with Crippen molar-refractivity contribution in [2.24, 2.45) is 0 Å². The molecular weight excluding hydrogens is 328 g/mol. The van der Waals surface area contributed by atoms with E-state index in [1.54, 1.807) is 12.4 Å². The standard InChI is InChI=1S/C18H22N8/c1-12-17(20-9-8-19-12)24(2)14-10-25(11-14)16-7-6-15-21-22-18(26(15)23-16)13-4-3-5-13/h6-9,13-14H,3-5,10-11H2,1-2H3. The fourth-order valence-corrected chi connectivity index (χ4v) is 3.69. The van der Waals surface area contributed by atoms with Crippen LogP contribution in [0.3, 0.4) is 0 Å². The number of anilines is 2. The fraction of sp³-hybridized carbons (Fsp3) is 0.500. The van der Waals surface area contributed by atoms with Gasteiger partial charge in [0.05, 0.1) is 11.7 Å². The smallest absolute Gasteiger partial charge is 0.178 e. The zero-order valence-corrected chi connectivity index (χ0v) is 15.1. The zero-order valence-electron chi connectivity index (χ0n) is 15.1. The summed E-state index contributed by atoms with van der Waals surface area (Å²) < 4.78 is 1.93. The molecule has 3 aromatic rings. The average molecular weight is 350 g/mol. The van der Waals surface area contributed by atoms with Crippen molar-refractivity contribution in [3.63, 3.8) is 0 Å². The normalized spacial score (nSPS) is 18.0. The Bertz CT molecular complexity index is 941. The van der Waals surface area contributed by atoms with Crippen molar-refractivity contribution in [3.05, 3.63) is 36.0 Å². The molecule has 2 aliphatic rings. The van der Waals surface area contributed by atoms with Crippen LogP contribution in [0.2, 0.25) is 0 Å². The first-order chi connectivity index (χ1) is 12.7. The van der Waals surface area contributed by atoms with Crippen molar-refractivity contribution in [1.29, 1.82) is 0 Å². The van der Waals surface area contributed by atoms with Gasteiger partial charge in [0, 0.05) is 38.4 Å². The molecule has 1 aliphatic carbocycles. The van der Waals surface area contributed by atoms with Gasteiger partial charge in [-0.25, -0.2) is 4.98 Å². The quantitative estimate of drug-likeness (QED) is 0.710. The number of hydrogen-bond donors (Lipinski definition) is 0. The highest BCUT2D eigenvalue weighted by atomic mass is 15.4. The Morgan fingerprint density at radius 3 is 2.62 bits per heavy atom. The number of aryl methyl sites for hydroxylation is 1. The van der Waals surface area contributed by atoms with Crippen molar-refractivity contribution in [1.82, 2.24) is 29.8 Å². The molecule has 26 heavy (non-hydrogen) atoms. The van der Waals surface area contributed by atoms with Gasteiger partial charge in [-0.05, 0) is 31.9 Å². The summed E-state index contributed by atoms with van der Waals surface area (Å²) in [7, 11) is 2.09. The van der Waals surface area contributed by atoms with Crippen LogP contribution in [0.25, 0.3) is 5.65 Å². The molecule has 0 bridgehead atoms. The maximum atomic E-state index is 4.82. The van der Waals surface area contributed by atoms with Crippen LogP contribution in [0, 0.1) is 6.92 Å². The maximum absolute atomic E-state index is 4.82. The van der Waals surface area contributed by atoms with Crippen LogP contribution in [0.5, 0.6) is 0 Å². The highest BCUT2D eigenvalue weighted by Gasteiger charge is 2.33. The molecule has 0 aromatic carbocycles. The van der Waals surface area contributed by atoms with E-state index in [-0.39, 0.29) is 0 Å². The van der Waals surface area contributed by atoms with Crippen LogP contribution >= 0.6 is 0 Å². The minimum absolute atomic E-state index is 0.412. The summed E-state index contributed by atoms with van der Waals surface area (Å²) in [6.07, 6.45) is 7.15. The number of nitrogens with zero attached hydrogens (tertiary/aromatic N) is 8. The van der Waals surface area contributed by atoms with Crippen LogP contribution in [0.15, 0.2) is 24.5 Å². The molecule has 134 valence electrons. The van der Waals surface area contributed by atoms with Gasteiger partial charge in [-0.1, -0.05) is 6.42 Å². The Kier molecular flexibility index (Phi) is 3.51. The van der Waals surface area contributed by atoms with Crippen molar-refractivity contribution >= 4 is 17.3 Å². The maximum Gasteiger partial charge on any atom is 0.178 e. The zero-order chi connectivity index (χ0) is 17.7. The molecule has 8 nitrogen and oxygen atoms in total. The van der Waals surface area contributed by atoms with E-state index < -0.39 is 0 Å². The van der Waals surface area contributed by atoms with Gasteiger partial charge in [0.1, 0.15) is 11.6 Å². The van der Waals surface area contributed by atoms with E-state index in [1.807, 2.05) is 23.6 Å². The van der Waals surface area contributed by atoms with Crippen LogP contribution in [0.4, 0.5) is 11.6 Å². The highest BCUT2D eigenvalue weighted by molar-refractivity contribution is 5.51. The van der Waals surface area contributed by atoms with Crippen LogP contribution in [0.1, 0.15) is 36.7 Å². The van der Waals surface area contributed by atoms with E-state index in [4.69, 9.17) is 5.10 Å². The molecule has 8 heteroatoms. The van der Waals surface area contributed by atoms with Crippen molar-refractivity contribution in [2.45, 2.75) is 38.1 Å². The summed E-state index contributed by atoms with van der Waals surface area (Å²) in [6.45, 7) is 3.84. The molecule has 0 radical (unpaired) electrons. The predicted octanol–water partition coefficient (Wildman–Crippen LogP) is 1.82. The Morgan fingerprint density at radius 1 is 1.08 bits per heavy atom. The number of likely N-dealkylation sites (N-methyl/N-ethyl adjacent to an activating group) is 1. The summed E-state index contributed by atoms with van der Waals surface area (Å²) in [5, 5.41) is 13.4. The molecule has 2 fully saturated rings. The van der Waals surface area contributed by atoms with Crippen LogP contribution in [-0.4, -0.2) is 56.0 Å². The monoisotopic (exact) mass is 350 g/mol. The van der Waals surface area contributed by atoms with Crippen molar-refractivity contribution in [3.8, 4) is 0 Å². The molecule has 1 aliphatic heterocycles. The highest BCUT2D eigenvalue weighted by Crippen LogP contribution is 2.35. The summed E-state index contributed by atoms with van der Waals surface area (Å²) >= 11 is 0. The first-order valence-corrected chi connectivity index (χ1v) is 9.18. The third-order valence-electron chi connectivity index (χ3n) is 5.67. The second kappa shape index (κ2) is 5.89. The van der Waals surface area contributed by atoms with Gasteiger partial charge >= 0.3 is 0 Å². The van der Waals surface area contributed by atoms with Gasteiger partial charge in [0.15, 0.2) is 11.5 Å². The number of aromatic nitrogens is 6.